The molecule has 0 radical (unpaired) electrons. The molecule has 0 aliphatic carbocycles. The minimum absolute atomic E-state index is 0.219. The molecule has 1 atom stereocenters. The number of hydrogen-bond acceptors (Lipinski definition) is 3. The van der Waals surface area contributed by atoms with E-state index in [2.05, 4.69) is 15.7 Å². The number of aliphatic hydroxyl groups excluding tert-OH is 1. The molecule has 6 nitrogen and oxygen atoms in total. The molecule has 0 aliphatic heterocycles. The number of alkyl halides is 3. The van der Waals surface area contributed by atoms with Gasteiger partial charge >= 0.3 is 12.2 Å². The van der Waals surface area contributed by atoms with Gasteiger partial charge in [-0.2, -0.15) is 18.3 Å². The number of nitrogens with one attached hydrogen (secondary N) is 2. The highest BCUT2D eigenvalue weighted by molar-refractivity contribution is 5.90. The van der Waals surface area contributed by atoms with Crippen LogP contribution < -0.4 is 10.6 Å². The predicted octanol–water partition coefficient (Wildman–Crippen LogP) is 2.39. The van der Waals surface area contributed by atoms with Gasteiger partial charge in [-0.25, -0.2) is 9.48 Å². The number of nitrogens with zero attached hydrogens (tertiary/aromatic N) is 2. The largest absolute Gasteiger partial charge is 0.435 e. The highest BCUT2D eigenvalue weighted by atomic mass is 19.4. The molecule has 0 bridgehead atoms. The Bertz CT molecular complexity index is 670. The lowest BCUT2D eigenvalue weighted by molar-refractivity contribution is -0.142. The van der Waals surface area contributed by atoms with Gasteiger partial charge in [0.15, 0.2) is 5.69 Å². The minimum Gasteiger partial charge on any atom is -0.394 e. The van der Waals surface area contributed by atoms with Crippen molar-refractivity contribution in [3.05, 3.63) is 42.2 Å². The van der Waals surface area contributed by atoms with Gasteiger partial charge in [0.1, 0.15) is 0 Å². The number of rotatable bonds is 4. The van der Waals surface area contributed by atoms with Crippen molar-refractivity contribution < 1.29 is 23.1 Å². The zero-order chi connectivity index (χ0) is 17.0. The zero-order valence-corrected chi connectivity index (χ0v) is 12.1. The van der Waals surface area contributed by atoms with E-state index in [1.807, 2.05) is 0 Å². The highest BCUT2D eigenvalue weighted by Crippen LogP contribution is 2.36. The molecule has 0 saturated heterocycles. The SMILES string of the molecule is C[C@@H](CO)NC(=O)Nc1cnn(-c2ccccc2)c1C(F)(F)F. The van der Waals surface area contributed by atoms with Crippen LogP contribution in [0.5, 0.6) is 0 Å². The quantitative estimate of drug-likeness (QED) is 0.806. The summed E-state index contributed by atoms with van der Waals surface area (Å²) in [5.41, 5.74) is -1.34. The van der Waals surface area contributed by atoms with Crippen molar-refractivity contribution in [2.75, 3.05) is 11.9 Å². The molecule has 1 aromatic heterocycles. The molecule has 3 N–H and O–H groups in total. The first kappa shape index (κ1) is 16.8. The third-order valence-electron chi connectivity index (χ3n) is 2.94. The number of urea groups is 1. The number of carbonyl (C=O) groups excluding carboxylic acids is 1. The van der Waals surface area contributed by atoms with E-state index in [0.29, 0.717) is 4.68 Å². The Balaban J connectivity index is 2.34. The second-order valence-corrected chi connectivity index (χ2v) is 4.83. The summed E-state index contributed by atoms with van der Waals surface area (Å²) >= 11 is 0. The van der Waals surface area contributed by atoms with Crippen LogP contribution in [0.25, 0.3) is 5.69 Å². The molecule has 2 amide bonds. The van der Waals surface area contributed by atoms with Gasteiger partial charge in [-0.1, -0.05) is 18.2 Å². The molecule has 0 aliphatic rings. The van der Waals surface area contributed by atoms with Crippen molar-refractivity contribution in [3.8, 4) is 5.69 Å². The van der Waals surface area contributed by atoms with Crippen LogP contribution in [0.1, 0.15) is 12.6 Å². The number of carbonyl (C=O) groups is 1. The lowest BCUT2D eigenvalue weighted by atomic mass is 10.3. The fourth-order valence-electron chi connectivity index (χ4n) is 1.91. The normalized spacial score (nSPS) is 12.7. The van der Waals surface area contributed by atoms with Gasteiger partial charge in [-0.15, -0.1) is 0 Å². The van der Waals surface area contributed by atoms with Crippen LogP contribution in [-0.4, -0.2) is 33.6 Å². The summed E-state index contributed by atoms with van der Waals surface area (Å²) in [5.74, 6) is 0. The summed E-state index contributed by atoms with van der Waals surface area (Å²) in [7, 11) is 0. The Kier molecular flexibility index (Phi) is 4.89. The van der Waals surface area contributed by atoms with Gasteiger partial charge in [0, 0.05) is 0 Å². The Morgan fingerprint density at radius 3 is 2.57 bits per heavy atom. The van der Waals surface area contributed by atoms with Crippen molar-refractivity contribution >= 4 is 11.7 Å². The molecule has 124 valence electrons. The third-order valence-corrected chi connectivity index (χ3v) is 2.94. The summed E-state index contributed by atoms with van der Waals surface area (Å²) in [5, 5.41) is 17.0. The van der Waals surface area contributed by atoms with Crippen molar-refractivity contribution in [2.24, 2.45) is 0 Å². The maximum atomic E-state index is 13.3. The van der Waals surface area contributed by atoms with Gasteiger partial charge in [-0.3, -0.25) is 0 Å². The van der Waals surface area contributed by atoms with Crippen LogP contribution in [0.2, 0.25) is 0 Å². The van der Waals surface area contributed by atoms with Crippen molar-refractivity contribution in [1.29, 1.82) is 0 Å². The summed E-state index contributed by atoms with van der Waals surface area (Å²) < 4.78 is 40.7. The average Bonchev–Trinajstić information content (AvgIpc) is 2.91. The van der Waals surface area contributed by atoms with E-state index in [1.165, 1.54) is 19.1 Å². The fourth-order valence-corrected chi connectivity index (χ4v) is 1.91. The number of amides is 2. The third kappa shape index (κ3) is 4.01. The molecule has 0 unspecified atom stereocenters. The van der Waals surface area contributed by atoms with Gasteiger partial charge in [0.2, 0.25) is 0 Å². The first-order valence-corrected chi connectivity index (χ1v) is 6.72. The van der Waals surface area contributed by atoms with E-state index in [-0.39, 0.29) is 12.3 Å². The molecule has 0 fully saturated rings. The van der Waals surface area contributed by atoms with Crippen LogP contribution in [0.3, 0.4) is 0 Å². The smallest absolute Gasteiger partial charge is 0.394 e. The monoisotopic (exact) mass is 328 g/mol. The van der Waals surface area contributed by atoms with Gasteiger partial charge in [0.05, 0.1) is 30.2 Å². The molecule has 2 rings (SSSR count). The van der Waals surface area contributed by atoms with Crippen LogP contribution >= 0.6 is 0 Å². The second-order valence-electron chi connectivity index (χ2n) is 4.83. The highest BCUT2D eigenvalue weighted by Gasteiger charge is 2.39. The average molecular weight is 328 g/mol. The first-order chi connectivity index (χ1) is 10.8. The lowest BCUT2D eigenvalue weighted by Gasteiger charge is -2.15. The van der Waals surface area contributed by atoms with Gasteiger partial charge in [0.25, 0.3) is 0 Å². The van der Waals surface area contributed by atoms with E-state index in [0.717, 1.165) is 6.20 Å². The predicted molar refractivity (Wildman–Crippen MR) is 77.3 cm³/mol. The Morgan fingerprint density at radius 1 is 1.35 bits per heavy atom. The van der Waals surface area contributed by atoms with Crippen LogP contribution in [-0.2, 0) is 6.18 Å². The summed E-state index contributed by atoms with van der Waals surface area (Å²) in [4.78, 5) is 11.7. The van der Waals surface area contributed by atoms with E-state index in [9.17, 15) is 18.0 Å². The maximum Gasteiger partial charge on any atom is 0.435 e. The van der Waals surface area contributed by atoms with E-state index in [4.69, 9.17) is 5.11 Å². The lowest BCUT2D eigenvalue weighted by Crippen LogP contribution is -2.38. The number of hydrogen-bond donors (Lipinski definition) is 3. The summed E-state index contributed by atoms with van der Waals surface area (Å²) in [6, 6.07) is 6.33. The Morgan fingerprint density at radius 2 is 2.00 bits per heavy atom. The molecule has 9 heteroatoms. The summed E-state index contributed by atoms with van der Waals surface area (Å²) in [6.45, 7) is 1.18. The second kappa shape index (κ2) is 6.69. The topological polar surface area (TPSA) is 79.2 Å². The number of anilines is 1. The Labute approximate surface area is 129 Å². The molecule has 1 aromatic carbocycles. The minimum atomic E-state index is -4.71. The van der Waals surface area contributed by atoms with Gasteiger partial charge < -0.3 is 15.7 Å². The van der Waals surface area contributed by atoms with Crippen molar-refractivity contribution in [2.45, 2.75) is 19.1 Å². The number of para-hydroxylation sites is 1. The van der Waals surface area contributed by atoms with E-state index in [1.54, 1.807) is 18.2 Å². The molecule has 23 heavy (non-hydrogen) atoms. The van der Waals surface area contributed by atoms with Crippen molar-refractivity contribution in [1.82, 2.24) is 15.1 Å². The maximum absolute atomic E-state index is 13.3. The molecular formula is C14H15F3N4O2. The summed E-state index contributed by atoms with van der Waals surface area (Å²) in [6.07, 6.45) is -3.78. The van der Waals surface area contributed by atoms with E-state index < -0.39 is 29.6 Å². The molecule has 1 heterocycles. The molecule has 0 spiro atoms. The number of benzene rings is 1. The molecule has 2 aromatic rings. The van der Waals surface area contributed by atoms with Crippen LogP contribution in [0.4, 0.5) is 23.7 Å². The molecular weight excluding hydrogens is 313 g/mol. The fraction of sp³-hybridized carbons (Fsp3) is 0.286. The van der Waals surface area contributed by atoms with Crippen LogP contribution in [0, 0.1) is 0 Å². The number of aromatic nitrogens is 2. The first-order valence-electron chi connectivity index (χ1n) is 6.72. The zero-order valence-electron chi connectivity index (χ0n) is 12.1. The molecule has 0 saturated carbocycles. The standard InChI is InChI=1S/C14H15F3N4O2/c1-9(8-22)19-13(23)20-11-7-18-21(12(11)14(15,16)17)10-5-3-2-4-6-10/h2-7,9,22H,8H2,1H3,(H2,19,20,23)/t9-/m0/s1. The Hall–Kier alpha value is -2.55. The van der Waals surface area contributed by atoms with E-state index >= 15 is 0 Å². The van der Waals surface area contributed by atoms with Gasteiger partial charge in [-0.05, 0) is 19.1 Å². The number of aliphatic hydroxyl groups is 1. The van der Waals surface area contributed by atoms with Crippen molar-refractivity contribution in [3.63, 3.8) is 0 Å². The van der Waals surface area contributed by atoms with Crippen LogP contribution in [0.15, 0.2) is 36.5 Å². The number of halogens is 3.